The first-order chi connectivity index (χ1) is 13.6. The standard InChI is InChI=1S/C21H23ClN2O3S/c22-16-7-8-18-17(13-16)24-21(26)19(28-18)14-20(25)23-10-4-11-27-12-9-15-5-2-1-3-6-15/h1-3,5-8,13,19H,4,9-12,14H2,(H,23,25)(H,24,26). The maximum Gasteiger partial charge on any atom is 0.238 e. The van der Waals surface area contributed by atoms with Crippen LogP contribution in [0.4, 0.5) is 5.69 Å². The molecule has 2 amide bonds. The predicted octanol–water partition coefficient (Wildman–Crippen LogP) is 3.91. The molecule has 1 unspecified atom stereocenters. The van der Waals surface area contributed by atoms with E-state index in [4.69, 9.17) is 16.3 Å². The number of nitrogens with one attached hydrogen (secondary N) is 2. The quantitative estimate of drug-likeness (QED) is 0.606. The van der Waals surface area contributed by atoms with Crippen LogP contribution in [-0.2, 0) is 20.7 Å². The molecule has 28 heavy (non-hydrogen) atoms. The van der Waals surface area contributed by atoms with E-state index in [0.717, 1.165) is 17.7 Å². The Morgan fingerprint density at radius 3 is 2.82 bits per heavy atom. The second kappa shape index (κ2) is 10.5. The van der Waals surface area contributed by atoms with Gasteiger partial charge in [-0.3, -0.25) is 9.59 Å². The highest BCUT2D eigenvalue weighted by Crippen LogP contribution is 2.38. The number of fused-ring (bicyclic) bond motifs is 1. The fourth-order valence-electron chi connectivity index (χ4n) is 2.84. The number of benzene rings is 2. The second-order valence-electron chi connectivity index (χ2n) is 6.49. The molecule has 5 nitrogen and oxygen atoms in total. The van der Waals surface area contributed by atoms with Gasteiger partial charge in [0.05, 0.1) is 17.5 Å². The number of carbonyl (C=O) groups is 2. The molecule has 7 heteroatoms. The van der Waals surface area contributed by atoms with Gasteiger partial charge in [0, 0.05) is 29.5 Å². The van der Waals surface area contributed by atoms with Gasteiger partial charge in [-0.05, 0) is 36.6 Å². The molecule has 1 aliphatic rings. The van der Waals surface area contributed by atoms with Crippen molar-refractivity contribution in [3.8, 4) is 0 Å². The molecule has 3 rings (SSSR count). The van der Waals surface area contributed by atoms with Crippen LogP contribution in [0.1, 0.15) is 18.4 Å². The molecule has 0 aromatic heterocycles. The summed E-state index contributed by atoms with van der Waals surface area (Å²) in [6.07, 6.45) is 1.77. The van der Waals surface area contributed by atoms with Gasteiger partial charge in [0.1, 0.15) is 0 Å². The molecule has 0 radical (unpaired) electrons. The van der Waals surface area contributed by atoms with Crippen molar-refractivity contribution in [1.29, 1.82) is 0 Å². The van der Waals surface area contributed by atoms with Crippen molar-refractivity contribution in [2.75, 3.05) is 25.1 Å². The summed E-state index contributed by atoms with van der Waals surface area (Å²) in [5, 5.41) is 5.81. The number of halogens is 1. The number of thioether (sulfide) groups is 1. The van der Waals surface area contributed by atoms with Crippen molar-refractivity contribution in [2.45, 2.75) is 29.4 Å². The van der Waals surface area contributed by atoms with Crippen LogP contribution < -0.4 is 10.6 Å². The van der Waals surface area contributed by atoms with Crippen molar-refractivity contribution in [2.24, 2.45) is 0 Å². The van der Waals surface area contributed by atoms with E-state index in [1.165, 1.54) is 17.3 Å². The average Bonchev–Trinajstić information content (AvgIpc) is 2.69. The molecule has 2 N–H and O–H groups in total. The second-order valence-corrected chi connectivity index (χ2v) is 8.17. The van der Waals surface area contributed by atoms with E-state index in [0.29, 0.717) is 30.5 Å². The van der Waals surface area contributed by atoms with Gasteiger partial charge in [-0.2, -0.15) is 0 Å². The zero-order chi connectivity index (χ0) is 19.8. The van der Waals surface area contributed by atoms with Gasteiger partial charge in [0.15, 0.2) is 0 Å². The lowest BCUT2D eigenvalue weighted by atomic mass is 10.2. The van der Waals surface area contributed by atoms with Crippen LogP contribution >= 0.6 is 23.4 Å². The predicted molar refractivity (Wildman–Crippen MR) is 113 cm³/mol. The summed E-state index contributed by atoms with van der Waals surface area (Å²) in [7, 11) is 0. The third-order valence-electron chi connectivity index (χ3n) is 4.30. The van der Waals surface area contributed by atoms with E-state index in [9.17, 15) is 9.59 Å². The number of hydrogen-bond acceptors (Lipinski definition) is 4. The molecule has 1 atom stereocenters. The highest BCUT2D eigenvalue weighted by molar-refractivity contribution is 8.01. The van der Waals surface area contributed by atoms with Crippen molar-refractivity contribution < 1.29 is 14.3 Å². The third-order valence-corrected chi connectivity index (χ3v) is 5.81. The summed E-state index contributed by atoms with van der Waals surface area (Å²) in [4.78, 5) is 25.2. The van der Waals surface area contributed by atoms with Crippen LogP contribution in [-0.4, -0.2) is 36.8 Å². The Hall–Kier alpha value is -2.02. The van der Waals surface area contributed by atoms with Crippen LogP contribution in [0.25, 0.3) is 0 Å². The molecule has 0 saturated heterocycles. The van der Waals surface area contributed by atoms with E-state index in [1.54, 1.807) is 12.1 Å². The van der Waals surface area contributed by atoms with E-state index >= 15 is 0 Å². The van der Waals surface area contributed by atoms with Crippen LogP contribution in [0.3, 0.4) is 0 Å². The Balaban J connectivity index is 1.30. The van der Waals surface area contributed by atoms with Crippen molar-refractivity contribution in [1.82, 2.24) is 5.32 Å². The number of amides is 2. The molecular formula is C21H23ClN2O3S. The zero-order valence-corrected chi connectivity index (χ0v) is 17.0. The summed E-state index contributed by atoms with van der Waals surface area (Å²) in [6.45, 7) is 1.80. The number of anilines is 1. The molecule has 148 valence electrons. The first kappa shape index (κ1) is 20.7. The highest BCUT2D eigenvalue weighted by Gasteiger charge is 2.28. The SMILES string of the molecule is O=C(CC1Sc2ccc(Cl)cc2NC1=O)NCCCOCCc1ccccc1. The van der Waals surface area contributed by atoms with Gasteiger partial charge < -0.3 is 15.4 Å². The molecule has 0 spiro atoms. The number of hydrogen-bond donors (Lipinski definition) is 2. The fourth-order valence-corrected chi connectivity index (χ4v) is 4.10. The third kappa shape index (κ3) is 6.26. The van der Waals surface area contributed by atoms with E-state index in [-0.39, 0.29) is 18.2 Å². The van der Waals surface area contributed by atoms with Crippen LogP contribution in [0.15, 0.2) is 53.4 Å². The minimum absolute atomic E-state index is 0.130. The van der Waals surface area contributed by atoms with E-state index in [2.05, 4.69) is 22.8 Å². The minimum Gasteiger partial charge on any atom is -0.381 e. The van der Waals surface area contributed by atoms with Gasteiger partial charge >= 0.3 is 0 Å². The fraction of sp³-hybridized carbons (Fsp3) is 0.333. The number of ether oxygens (including phenoxy) is 1. The van der Waals surface area contributed by atoms with E-state index < -0.39 is 5.25 Å². The zero-order valence-electron chi connectivity index (χ0n) is 15.4. The van der Waals surface area contributed by atoms with Crippen molar-refractivity contribution in [3.63, 3.8) is 0 Å². The number of rotatable bonds is 9. The summed E-state index contributed by atoms with van der Waals surface area (Å²) in [6, 6.07) is 15.5. The molecule has 1 aliphatic heterocycles. The van der Waals surface area contributed by atoms with Gasteiger partial charge in [-0.25, -0.2) is 0 Å². The molecule has 0 aliphatic carbocycles. The van der Waals surface area contributed by atoms with Crippen molar-refractivity contribution in [3.05, 3.63) is 59.1 Å². The van der Waals surface area contributed by atoms with Gasteiger partial charge in [-0.1, -0.05) is 41.9 Å². The van der Waals surface area contributed by atoms with Crippen LogP contribution in [0.5, 0.6) is 0 Å². The first-order valence-electron chi connectivity index (χ1n) is 9.27. The number of carbonyl (C=O) groups excluding carboxylic acids is 2. The van der Waals surface area contributed by atoms with Gasteiger partial charge in [0.25, 0.3) is 0 Å². The largest absolute Gasteiger partial charge is 0.381 e. The summed E-state index contributed by atoms with van der Waals surface area (Å²) in [5.74, 6) is -0.298. The minimum atomic E-state index is -0.434. The summed E-state index contributed by atoms with van der Waals surface area (Å²) >= 11 is 7.34. The molecule has 2 aromatic rings. The molecule has 0 saturated carbocycles. The van der Waals surface area contributed by atoms with Gasteiger partial charge in [-0.15, -0.1) is 11.8 Å². The van der Waals surface area contributed by atoms with E-state index in [1.807, 2.05) is 24.3 Å². The lowest BCUT2D eigenvalue weighted by molar-refractivity contribution is -0.124. The average molecular weight is 419 g/mol. The Morgan fingerprint density at radius 1 is 1.18 bits per heavy atom. The first-order valence-corrected chi connectivity index (χ1v) is 10.5. The Kier molecular flexibility index (Phi) is 7.77. The van der Waals surface area contributed by atoms with Crippen molar-refractivity contribution >= 4 is 40.9 Å². The summed E-state index contributed by atoms with van der Waals surface area (Å²) in [5.41, 5.74) is 1.95. The van der Waals surface area contributed by atoms with Crippen LogP contribution in [0, 0.1) is 0 Å². The lowest BCUT2D eigenvalue weighted by Gasteiger charge is -2.23. The Labute approximate surface area is 174 Å². The molecule has 1 heterocycles. The monoisotopic (exact) mass is 418 g/mol. The molecule has 0 fully saturated rings. The van der Waals surface area contributed by atoms with Gasteiger partial charge in [0.2, 0.25) is 11.8 Å². The van der Waals surface area contributed by atoms with Crippen LogP contribution in [0.2, 0.25) is 5.02 Å². The molecular weight excluding hydrogens is 396 g/mol. The Bertz CT molecular complexity index is 817. The lowest BCUT2D eigenvalue weighted by Crippen LogP contribution is -2.35. The molecule has 0 bridgehead atoms. The molecule has 2 aromatic carbocycles. The topological polar surface area (TPSA) is 67.4 Å². The maximum absolute atomic E-state index is 12.2. The normalized spacial score (nSPS) is 15.6. The maximum atomic E-state index is 12.2. The smallest absolute Gasteiger partial charge is 0.238 e. The Morgan fingerprint density at radius 2 is 2.00 bits per heavy atom. The summed E-state index contributed by atoms with van der Waals surface area (Å²) < 4.78 is 5.60. The highest BCUT2D eigenvalue weighted by atomic mass is 35.5.